The summed E-state index contributed by atoms with van der Waals surface area (Å²) in [5.41, 5.74) is 0. The average Bonchev–Trinajstić information content (AvgIpc) is 2.14. The van der Waals surface area contributed by atoms with Crippen molar-refractivity contribution in [1.29, 1.82) is 0 Å². The first-order chi connectivity index (χ1) is 6.82. The minimum absolute atomic E-state index is 0.200. The molecule has 0 saturated carbocycles. The minimum atomic E-state index is -3.52. The van der Waals surface area contributed by atoms with Gasteiger partial charge in [-0.05, 0) is 0 Å². The summed E-state index contributed by atoms with van der Waals surface area (Å²) >= 11 is 0. The topological polar surface area (TPSA) is 69.7 Å². The van der Waals surface area contributed by atoms with Crippen LogP contribution in [0, 0.1) is 0 Å². The van der Waals surface area contributed by atoms with Gasteiger partial charge in [0.1, 0.15) is 0 Å². The van der Waals surface area contributed by atoms with E-state index < -0.39 is 10.2 Å². The van der Waals surface area contributed by atoms with Gasteiger partial charge < -0.3 is 5.32 Å². The minimum Gasteiger partial charge on any atom is -0.351 e. The summed E-state index contributed by atoms with van der Waals surface area (Å²) in [6.45, 7) is 3.56. The summed E-state index contributed by atoms with van der Waals surface area (Å²) in [5, 5.41) is 2.49. The Morgan fingerprint density at radius 1 is 1.40 bits per heavy atom. The van der Waals surface area contributed by atoms with Gasteiger partial charge in [-0.2, -0.15) is 17.0 Å². The zero-order valence-electron chi connectivity index (χ0n) is 9.23. The number of hydrogen-bond donors (Lipinski definition) is 1. The molecule has 88 valence electrons. The zero-order valence-corrected chi connectivity index (χ0v) is 10.0. The molecule has 15 heavy (non-hydrogen) atoms. The monoisotopic (exact) mass is 235 g/mol. The molecule has 0 aliphatic carbocycles. The number of amides is 1. The third-order valence-electron chi connectivity index (χ3n) is 1.67. The van der Waals surface area contributed by atoms with Gasteiger partial charge in [0.2, 0.25) is 5.91 Å². The van der Waals surface area contributed by atoms with Gasteiger partial charge in [0.25, 0.3) is 10.2 Å². The zero-order chi connectivity index (χ0) is 12.1. The normalized spacial score (nSPS) is 11.8. The number of carbonyl (C=O) groups excluding carboxylic acids is 1. The van der Waals surface area contributed by atoms with Gasteiger partial charge in [0.15, 0.2) is 0 Å². The van der Waals surface area contributed by atoms with Crippen molar-refractivity contribution in [3.8, 4) is 0 Å². The fourth-order valence-corrected chi connectivity index (χ4v) is 1.64. The standard InChI is InChI=1S/C8H17N3O3S/c1-5-6-9-8(12)7-11(4)15(13,14)10(2)3/h5H,1,6-7H2,2-4H3,(H,9,12). The first kappa shape index (κ1) is 14.1. The molecule has 0 saturated heterocycles. The highest BCUT2D eigenvalue weighted by molar-refractivity contribution is 7.86. The predicted octanol–water partition coefficient (Wildman–Crippen LogP) is -0.973. The van der Waals surface area contributed by atoms with Crippen molar-refractivity contribution >= 4 is 16.1 Å². The molecular weight excluding hydrogens is 218 g/mol. The number of nitrogens with zero attached hydrogens (tertiary/aromatic N) is 2. The Bertz CT molecular complexity index is 324. The lowest BCUT2D eigenvalue weighted by molar-refractivity contribution is -0.120. The second-order valence-electron chi connectivity index (χ2n) is 3.14. The van der Waals surface area contributed by atoms with Crippen molar-refractivity contribution in [3.63, 3.8) is 0 Å². The maximum absolute atomic E-state index is 11.5. The lowest BCUT2D eigenvalue weighted by Gasteiger charge is -2.20. The van der Waals surface area contributed by atoms with E-state index in [9.17, 15) is 13.2 Å². The second-order valence-corrected chi connectivity index (χ2v) is 5.39. The molecule has 7 heteroatoms. The molecule has 1 N–H and O–H groups in total. The van der Waals surface area contributed by atoms with Gasteiger partial charge in [-0.3, -0.25) is 4.79 Å². The second kappa shape index (κ2) is 5.84. The predicted molar refractivity (Wildman–Crippen MR) is 58.4 cm³/mol. The van der Waals surface area contributed by atoms with E-state index in [4.69, 9.17) is 0 Å². The molecule has 0 aromatic rings. The Balaban J connectivity index is 4.31. The first-order valence-corrected chi connectivity index (χ1v) is 5.73. The van der Waals surface area contributed by atoms with Gasteiger partial charge in [0.05, 0.1) is 6.54 Å². The molecule has 6 nitrogen and oxygen atoms in total. The Labute approximate surface area is 90.7 Å². The van der Waals surface area contributed by atoms with Gasteiger partial charge in [-0.25, -0.2) is 0 Å². The van der Waals surface area contributed by atoms with E-state index in [0.29, 0.717) is 6.54 Å². The summed E-state index contributed by atoms with van der Waals surface area (Å²) in [4.78, 5) is 11.2. The van der Waals surface area contributed by atoms with Gasteiger partial charge in [0, 0.05) is 27.7 Å². The smallest absolute Gasteiger partial charge is 0.281 e. The van der Waals surface area contributed by atoms with Gasteiger partial charge in [-0.1, -0.05) is 6.08 Å². The van der Waals surface area contributed by atoms with Crippen LogP contribution in [-0.2, 0) is 15.0 Å². The molecule has 0 aromatic heterocycles. The van der Waals surface area contributed by atoms with E-state index in [1.165, 1.54) is 27.2 Å². The lowest BCUT2D eigenvalue weighted by Crippen LogP contribution is -2.43. The Morgan fingerprint density at radius 2 is 1.93 bits per heavy atom. The highest BCUT2D eigenvalue weighted by Crippen LogP contribution is 1.99. The molecule has 0 unspecified atom stereocenters. The van der Waals surface area contributed by atoms with Crippen LogP contribution in [0.15, 0.2) is 12.7 Å². The fourth-order valence-electron chi connectivity index (χ4n) is 0.804. The van der Waals surface area contributed by atoms with Crippen LogP contribution in [0.4, 0.5) is 0 Å². The maximum Gasteiger partial charge on any atom is 0.281 e. The highest BCUT2D eigenvalue weighted by Gasteiger charge is 2.22. The number of rotatable bonds is 6. The summed E-state index contributed by atoms with van der Waals surface area (Å²) in [7, 11) is 0.653. The molecule has 0 heterocycles. The molecule has 0 bridgehead atoms. The van der Waals surface area contributed by atoms with Crippen LogP contribution in [0.1, 0.15) is 0 Å². The van der Waals surface area contributed by atoms with Crippen LogP contribution in [0.25, 0.3) is 0 Å². The van der Waals surface area contributed by atoms with Crippen LogP contribution in [-0.4, -0.2) is 57.2 Å². The van der Waals surface area contributed by atoms with Crippen LogP contribution < -0.4 is 5.32 Å². The molecule has 0 aliphatic rings. The van der Waals surface area contributed by atoms with E-state index in [1.807, 2.05) is 0 Å². The van der Waals surface area contributed by atoms with Crippen molar-refractivity contribution in [2.45, 2.75) is 0 Å². The number of hydrogen-bond acceptors (Lipinski definition) is 3. The Morgan fingerprint density at radius 3 is 2.33 bits per heavy atom. The lowest BCUT2D eigenvalue weighted by atomic mass is 10.5. The fraction of sp³-hybridized carbons (Fsp3) is 0.625. The van der Waals surface area contributed by atoms with E-state index in [-0.39, 0.29) is 12.5 Å². The summed E-state index contributed by atoms with van der Waals surface area (Å²) in [6, 6.07) is 0. The Hall–Kier alpha value is -0.920. The molecule has 1 amide bonds. The molecule has 0 aromatic carbocycles. The largest absolute Gasteiger partial charge is 0.351 e. The molecule has 0 rings (SSSR count). The van der Waals surface area contributed by atoms with Crippen molar-refractivity contribution in [2.24, 2.45) is 0 Å². The number of carbonyl (C=O) groups is 1. The van der Waals surface area contributed by atoms with Crippen molar-refractivity contribution in [2.75, 3.05) is 34.2 Å². The summed E-state index contributed by atoms with van der Waals surface area (Å²) < 4.78 is 25.0. The van der Waals surface area contributed by atoms with Crippen molar-refractivity contribution < 1.29 is 13.2 Å². The van der Waals surface area contributed by atoms with E-state index >= 15 is 0 Å². The summed E-state index contributed by atoms with van der Waals surface area (Å²) in [5.74, 6) is -0.358. The van der Waals surface area contributed by atoms with E-state index in [0.717, 1.165) is 8.61 Å². The van der Waals surface area contributed by atoms with Crippen LogP contribution >= 0.6 is 0 Å². The number of likely N-dealkylation sites (N-methyl/N-ethyl adjacent to an activating group) is 1. The van der Waals surface area contributed by atoms with Crippen LogP contribution in [0.3, 0.4) is 0 Å². The first-order valence-electron chi connectivity index (χ1n) is 4.33. The third kappa shape index (κ3) is 4.41. The Kier molecular flexibility index (Phi) is 5.48. The molecule has 0 spiro atoms. The highest BCUT2D eigenvalue weighted by atomic mass is 32.2. The van der Waals surface area contributed by atoms with E-state index in [2.05, 4.69) is 11.9 Å². The molecule has 0 atom stereocenters. The molecule has 0 fully saturated rings. The molecular formula is C8H17N3O3S. The van der Waals surface area contributed by atoms with Crippen molar-refractivity contribution in [1.82, 2.24) is 13.9 Å². The van der Waals surface area contributed by atoms with Crippen LogP contribution in [0.5, 0.6) is 0 Å². The summed E-state index contributed by atoms with van der Waals surface area (Å²) in [6.07, 6.45) is 1.53. The molecule has 0 radical (unpaired) electrons. The third-order valence-corrected chi connectivity index (χ3v) is 3.50. The maximum atomic E-state index is 11.5. The van der Waals surface area contributed by atoms with Gasteiger partial charge in [-0.15, -0.1) is 6.58 Å². The van der Waals surface area contributed by atoms with Crippen molar-refractivity contribution in [3.05, 3.63) is 12.7 Å². The van der Waals surface area contributed by atoms with E-state index in [1.54, 1.807) is 0 Å². The van der Waals surface area contributed by atoms with Gasteiger partial charge >= 0.3 is 0 Å². The number of nitrogens with one attached hydrogen (secondary N) is 1. The SMILES string of the molecule is C=CCNC(=O)CN(C)S(=O)(=O)N(C)C. The molecule has 0 aliphatic heterocycles. The average molecular weight is 235 g/mol. The quantitative estimate of drug-likeness (QED) is 0.602. The van der Waals surface area contributed by atoms with Crippen LogP contribution in [0.2, 0.25) is 0 Å².